The topological polar surface area (TPSA) is 29.9 Å². The predicted octanol–water partition coefficient (Wildman–Crippen LogP) is 2.90. The molecule has 0 radical (unpaired) electrons. The zero-order chi connectivity index (χ0) is 10.7. The van der Waals surface area contributed by atoms with Crippen molar-refractivity contribution in [3.05, 3.63) is 11.8 Å². The smallest absolute Gasteiger partial charge is 0.124 e. The second-order valence-corrected chi connectivity index (χ2v) is 4.49. The van der Waals surface area contributed by atoms with Gasteiger partial charge in [-0.1, -0.05) is 19.8 Å². The van der Waals surface area contributed by atoms with Gasteiger partial charge in [0, 0.05) is 25.6 Å². The molecule has 1 saturated carbocycles. The molecule has 0 spiro atoms. The van der Waals surface area contributed by atoms with Crippen LogP contribution < -0.4 is 5.32 Å². The van der Waals surface area contributed by atoms with Gasteiger partial charge in [-0.05, 0) is 19.3 Å². The van der Waals surface area contributed by atoms with Crippen molar-refractivity contribution in [2.45, 2.75) is 44.9 Å². The number of hydrogen-bond acceptors (Lipinski definition) is 2. The molecule has 15 heavy (non-hydrogen) atoms. The number of anilines is 1. The maximum absolute atomic E-state index is 4.53. The molecule has 0 saturated heterocycles. The molecule has 0 aliphatic heterocycles. The maximum Gasteiger partial charge on any atom is 0.124 e. The molecular formula is C12H21N3. The Balaban J connectivity index is 1.84. The molecule has 1 aliphatic rings. The van der Waals surface area contributed by atoms with E-state index in [1.807, 2.05) is 11.7 Å². The zero-order valence-corrected chi connectivity index (χ0v) is 9.79. The highest BCUT2D eigenvalue weighted by Gasteiger charge is 2.26. The molecular weight excluding hydrogens is 186 g/mol. The van der Waals surface area contributed by atoms with Crippen molar-refractivity contribution in [3.63, 3.8) is 0 Å². The molecule has 3 heteroatoms. The van der Waals surface area contributed by atoms with Gasteiger partial charge in [-0.3, -0.25) is 4.68 Å². The number of aryl methyl sites for hydroxylation is 1. The van der Waals surface area contributed by atoms with Crippen LogP contribution in [0.15, 0.2) is 6.07 Å². The van der Waals surface area contributed by atoms with Crippen LogP contribution in [0.5, 0.6) is 0 Å². The van der Waals surface area contributed by atoms with E-state index in [2.05, 4.69) is 23.4 Å². The molecule has 2 rings (SSSR count). The van der Waals surface area contributed by atoms with E-state index in [0.29, 0.717) is 0 Å². The fourth-order valence-corrected chi connectivity index (χ4v) is 1.82. The molecule has 1 fully saturated rings. The van der Waals surface area contributed by atoms with Gasteiger partial charge in [-0.15, -0.1) is 0 Å². The third kappa shape index (κ3) is 2.74. The number of rotatable bonds is 6. The minimum Gasteiger partial charge on any atom is -0.370 e. The highest BCUT2D eigenvalue weighted by atomic mass is 15.3. The molecule has 3 nitrogen and oxygen atoms in total. The number of aromatic nitrogens is 2. The molecule has 1 aromatic heterocycles. The molecule has 0 bridgehead atoms. The number of nitrogens with zero attached hydrogens (tertiary/aromatic N) is 2. The van der Waals surface area contributed by atoms with Gasteiger partial charge >= 0.3 is 0 Å². The summed E-state index contributed by atoms with van der Waals surface area (Å²) >= 11 is 0. The summed E-state index contributed by atoms with van der Waals surface area (Å²) in [5, 5.41) is 7.98. The summed E-state index contributed by atoms with van der Waals surface area (Å²) in [6.07, 6.45) is 6.49. The van der Waals surface area contributed by atoms with Crippen molar-refractivity contribution < 1.29 is 0 Å². The second-order valence-electron chi connectivity index (χ2n) is 4.49. The van der Waals surface area contributed by atoms with E-state index in [-0.39, 0.29) is 0 Å². The predicted molar refractivity (Wildman–Crippen MR) is 63.2 cm³/mol. The normalized spacial score (nSPS) is 15.6. The molecule has 0 aromatic carbocycles. The molecule has 1 heterocycles. The average Bonchev–Trinajstić information content (AvgIpc) is 3.00. The standard InChI is InChI=1S/C12H21N3/c1-3-4-5-8-13-12-9-11(10-6-7-10)14-15(12)2/h9-10,13H,3-8H2,1-2H3. The average molecular weight is 207 g/mol. The Bertz CT molecular complexity index is 313. The van der Waals surface area contributed by atoms with Crippen LogP contribution in [0.4, 0.5) is 5.82 Å². The maximum atomic E-state index is 4.53. The fourth-order valence-electron chi connectivity index (χ4n) is 1.82. The van der Waals surface area contributed by atoms with E-state index in [0.717, 1.165) is 12.5 Å². The SMILES string of the molecule is CCCCCNc1cc(C2CC2)nn1C. The largest absolute Gasteiger partial charge is 0.370 e. The number of unbranched alkanes of at least 4 members (excludes halogenated alkanes) is 2. The van der Waals surface area contributed by atoms with Gasteiger partial charge in [0.05, 0.1) is 5.69 Å². The van der Waals surface area contributed by atoms with Crippen LogP contribution >= 0.6 is 0 Å². The minimum absolute atomic E-state index is 0.752. The number of hydrogen-bond donors (Lipinski definition) is 1. The number of nitrogens with one attached hydrogen (secondary N) is 1. The summed E-state index contributed by atoms with van der Waals surface area (Å²) in [4.78, 5) is 0. The van der Waals surface area contributed by atoms with Gasteiger partial charge in [0.15, 0.2) is 0 Å². The highest BCUT2D eigenvalue weighted by Crippen LogP contribution is 2.39. The molecule has 0 amide bonds. The fraction of sp³-hybridized carbons (Fsp3) is 0.750. The lowest BCUT2D eigenvalue weighted by Crippen LogP contribution is -2.05. The van der Waals surface area contributed by atoms with Crippen molar-refractivity contribution >= 4 is 5.82 Å². The summed E-state index contributed by atoms with van der Waals surface area (Å²) in [7, 11) is 2.02. The van der Waals surface area contributed by atoms with E-state index >= 15 is 0 Å². The third-order valence-electron chi connectivity index (χ3n) is 2.98. The van der Waals surface area contributed by atoms with Crippen molar-refractivity contribution in [1.82, 2.24) is 9.78 Å². The molecule has 1 aromatic rings. The first-order chi connectivity index (χ1) is 7.31. The van der Waals surface area contributed by atoms with Crippen LogP contribution in [-0.2, 0) is 7.05 Å². The summed E-state index contributed by atoms with van der Waals surface area (Å²) in [5.74, 6) is 1.93. The van der Waals surface area contributed by atoms with Crippen molar-refractivity contribution in [2.75, 3.05) is 11.9 Å². The lowest BCUT2D eigenvalue weighted by molar-refractivity contribution is 0.719. The Morgan fingerprint density at radius 2 is 2.27 bits per heavy atom. The molecule has 84 valence electrons. The summed E-state index contributed by atoms with van der Waals surface area (Å²) < 4.78 is 1.97. The minimum atomic E-state index is 0.752. The van der Waals surface area contributed by atoms with E-state index in [1.54, 1.807) is 0 Å². The van der Waals surface area contributed by atoms with Crippen LogP contribution in [0, 0.1) is 0 Å². The second kappa shape index (κ2) is 4.69. The monoisotopic (exact) mass is 207 g/mol. The van der Waals surface area contributed by atoms with Gasteiger partial charge in [0.2, 0.25) is 0 Å². The van der Waals surface area contributed by atoms with E-state index in [4.69, 9.17) is 0 Å². The van der Waals surface area contributed by atoms with E-state index < -0.39 is 0 Å². The Morgan fingerprint density at radius 1 is 1.47 bits per heavy atom. The van der Waals surface area contributed by atoms with Gasteiger partial charge in [0.25, 0.3) is 0 Å². The lowest BCUT2D eigenvalue weighted by Gasteiger charge is -2.04. The zero-order valence-electron chi connectivity index (χ0n) is 9.79. The third-order valence-corrected chi connectivity index (χ3v) is 2.98. The van der Waals surface area contributed by atoms with E-state index in [1.165, 1.54) is 43.6 Å². The first-order valence-electron chi connectivity index (χ1n) is 6.09. The van der Waals surface area contributed by atoms with Gasteiger partial charge in [-0.25, -0.2) is 0 Å². The van der Waals surface area contributed by atoms with Gasteiger partial charge in [0.1, 0.15) is 5.82 Å². The Kier molecular flexibility index (Phi) is 3.29. The molecule has 0 unspecified atom stereocenters. The first kappa shape index (κ1) is 10.5. The Labute approximate surface area is 91.9 Å². The van der Waals surface area contributed by atoms with Gasteiger partial charge < -0.3 is 5.32 Å². The van der Waals surface area contributed by atoms with Crippen LogP contribution in [0.3, 0.4) is 0 Å². The Hall–Kier alpha value is -0.990. The molecule has 0 atom stereocenters. The van der Waals surface area contributed by atoms with Crippen LogP contribution in [0.25, 0.3) is 0 Å². The van der Waals surface area contributed by atoms with E-state index in [9.17, 15) is 0 Å². The molecule has 1 aliphatic carbocycles. The van der Waals surface area contributed by atoms with Gasteiger partial charge in [-0.2, -0.15) is 5.10 Å². The summed E-state index contributed by atoms with van der Waals surface area (Å²) in [5.41, 5.74) is 1.27. The van der Waals surface area contributed by atoms with Crippen LogP contribution in [0.2, 0.25) is 0 Å². The Morgan fingerprint density at radius 3 is 2.93 bits per heavy atom. The first-order valence-corrected chi connectivity index (χ1v) is 6.09. The van der Waals surface area contributed by atoms with Crippen molar-refractivity contribution in [1.29, 1.82) is 0 Å². The van der Waals surface area contributed by atoms with Crippen molar-refractivity contribution in [2.24, 2.45) is 7.05 Å². The molecule has 1 N–H and O–H groups in total. The lowest BCUT2D eigenvalue weighted by atomic mass is 10.2. The highest BCUT2D eigenvalue weighted by molar-refractivity contribution is 5.38. The quantitative estimate of drug-likeness (QED) is 0.727. The summed E-state index contributed by atoms with van der Waals surface area (Å²) in [6.45, 7) is 3.30. The van der Waals surface area contributed by atoms with Crippen molar-refractivity contribution in [3.8, 4) is 0 Å². The summed E-state index contributed by atoms with van der Waals surface area (Å²) in [6, 6.07) is 2.21. The van der Waals surface area contributed by atoms with Crippen LogP contribution in [0.1, 0.15) is 50.6 Å². The van der Waals surface area contributed by atoms with Crippen LogP contribution in [-0.4, -0.2) is 16.3 Å².